The number of carbonyl (C=O) groups excluding carboxylic acids is 2. The molecule has 0 aromatic carbocycles. The van der Waals surface area contributed by atoms with Gasteiger partial charge in [0.05, 0.1) is 62.4 Å². The van der Waals surface area contributed by atoms with Gasteiger partial charge in [-0.3, -0.25) is 9.59 Å². The minimum atomic E-state index is -0.638. The van der Waals surface area contributed by atoms with Gasteiger partial charge in [0.15, 0.2) is 0 Å². The van der Waals surface area contributed by atoms with Crippen LogP contribution in [-0.4, -0.2) is 79.2 Å². The van der Waals surface area contributed by atoms with Gasteiger partial charge in [0, 0.05) is 24.7 Å². The lowest BCUT2D eigenvalue weighted by molar-refractivity contribution is -0.892. The van der Waals surface area contributed by atoms with Crippen molar-refractivity contribution < 1.29 is 33.0 Å². The monoisotopic (exact) mass is 699 g/mol. The molecule has 0 heterocycles. The Hall–Kier alpha value is -1.18. The number of quaternary nitrogens is 1. The number of esters is 2. The highest BCUT2D eigenvalue weighted by Gasteiger charge is 2.41. The van der Waals surface area contributed by atoms with Crippen molar-refractivity contribution in [2.75, 3.05) is 40.4 Å². The molecule has 0 aliphatic heterocycles. The summed E-state index contributed by atoms with van der Waals surface area (Å²) in [5, 5.41) is 0. The van der Waals surface area contributed by atoms with Gasteiger partial charge in [-0.25, -0.2) is 0 Å². The fourth-order valence-corrected chi connectivity index (χ4v) is 6.25. The first kappa shape index (κ1) is 47.8. The minimum Gasteiger partial charge on any atom is -0.459 e. The Bertz CT molecular complexity index is 970. The standard InChI is InChI=1S/C42H84NO6/c1-31(41(17,18)48-33(44)37(9,10)29-35(3,4)5)27-46-39(13,14)23-25-43(21,22)26-24-40(15,16)47-28-32(2)42(19,20)49-34(45)38(11,12)30-36(6,7)8/h31-32H,23-30H2,1-22H3/q+1. The summed E-state index contributed by atoms with van der Waals surface area (Å²) in [4.78, 5) is 26.3. The average Bonchev–Trinajstić information content (AvgIpc) is 2.85. The zero-order valence-electron chi connectivity index (χ0n) is 36.7. The third kappa shape index (κ3) is 18.8. The summed E-state index contributed by atoms with van der Waals surface area (Å²) >= 11 is 0. The Morgan fingerprint density at radius 3 is 1.02 bits per heavy atom. The van der Waals surface area contributed by atoms with E-state index in [2.05, 4.69) is 97.2 Å². The van der Waals surface area contributed by atoms with E-state index in [1.807, 2.05) is 55.4 Å². The number of hydrogen-bond donors (Lipinski definition) is 0. The predicted molar refractivity (Wildman–Crippen MR) is 206 cm³/mol. The fourth-order valence-electron chi connectivity index (χ4n) is 6.25. The maximum Gasteiger partial charge on any atom is 0.312 e. The van der Waals surface area contributed by atoms with Gasteiger partial charge >= 0.3 is 11.9 Å². The molecule has 0 rings (SSSR count). The van der Waals surface area contributed by atoms with E-state index in [1.165, 1.54) is 0 Å². The molecule has 2 atom stereocenters. The minimum absolute atomic E-state index is 0.0347. The SMILES string of the molecule is CC(COC(C)(C)CC[N+](C)(C)CCC(C)(C)OCC(C)C(C)(C)OC(=O)C(C)(C)CC(C)(C)C)C(C)(C)OC(=O)C(C)(C)CC(C)(C)C. The van der Waals surface area contributed by atoms with Crippen LogP contribution in [0.1, 0.15) is 164 Å². The van der Waals surface area contributed by atoms with Crippen LogP contribution in [0.4, 0.5) is 0 Å². The first-order valence-electron chi connectivity index (χ1n) is 18.9. The lowest BCUT2D eigenvalue weighted by atomic mass is 9.76. The third-order valence-corrected chi connectivity index (χ3v) is 10.2. The quantitative estimate of drug-likeness (QED) is 0.0931. The first-order chi connectivity index (χ1) is 21.3. The molecule has 0 spiro atoms. The highest BCUT2D eigenvalue weighted by atomic mass is 16.6. The van der Waals surface area contributed by atoms with E-state index in [1.54, 1.807) is 0 Å². The molecule has 0 N–H and O–H groups in total. The van der Waals surface area contributed by atoms with E-state index in [4.69, 9.17) is 18.9 Å². The Morgan fingerprint density at radius 1 is 0.510 bits per heavy atom. The van der Waals surface area contributed by atoms with Gasteiger partial charge in [-0.05, 0) is 107 Å². The Labute approximate surface area is 304 Å². The van der Waals surface area contributed by atoms with Gasteiger partial charge in [-0.15, -0.1) is 0 Å². The summed E-state index contributed by atoms with van der Waals surface area (Å²) in [7, 11) is 4.53. The maximum atomic E-state index is 13.1. The highest BCUT2D eigenvalue weighted by Crippen LogP contribution is 2.38. The lowest BCUT2D eigenvalue weighted by Crippen LogP contribution is -2.47. The van der Waals surface area contributed by atoms with E-state index in [0.29, 0.717) is 13.2 Å². The summed E-state index contributed by atoms with van der Waals surface area (Å²) in [5.74, 6) is -0.233. The van der Waals surface area contributed by atoms with E-state index >= 15 is 0 Å². The summed E-state index contributed by atoms with van der Waals surface area (Å²) in [5.41, 5.74) is -2.94. The molecule has 0 saturated carbocycles. The molecule has 7 heteroatoms. The van der Waals surface area contributed by atoms with E-state index in [9.17, 15) is 9.59 Å². The van der Waals surface area contributed by atoms with Crippen LogP contribution in [0.15, 0.2) is 0 Å². The summed E-state index contributed by atoms with van der Waals surface area (Å²) < 4.78 is 26.0. The van der Waals surface area contributed by atoms with Crippen LogP contribution in [0.3, 0.4) is 0 Å². The van der Waals surface area contributed by atoms with Crippen molar-refractivity contribution in [3.63, 3.8) is 0 Å². The summed E-state index contributed by atoms with van der Waals surface area (Å²) in [6.45, 7) is 44.5. The van der Waals surface area contributed by atoms with Crippen molar-refractivity contribution in [2.24, 2.45) is 33.5 Å². The zero-order chi connectivity index (χ0) is 39.3. The van der Waals surface area contributed by atoms with Crippen LogP contribution in [-0.2, 0) is 28.5 Å². The van der Waals surface area contributed by atoms with Crippen LogP contribution < -0.4 is 0 Å². The maximum absolute atomic E-state index is 13.1. The predicted octanol–water partition coefficient (Wildman–Crippen LogP) is 10.3. The third-order valence-electron chi connectivity index (χ3n) is 10.2. The molecule has 0 aromatic rings. The Morgan fingerprint density at radius 2 is 0.776 bits per heavy atom. The van der Waals surface area contributed by atoms with E-state index in [-0.39, 0.29) is 45.8 Å². The van der Waals surface area contributed by atoms with Crippen LogP contribution in [0.5, 0.6) is 0 Å². The molecule has 2 unspecified atom stereocenters. The molecule has 0 fully saturated rings. The van der Waals surface area contributed by atoms with Crippen molar-refractivity contribution in [3.05, 3.63) is 0 Å². The van der Waals surface area contributed by atoms with Crippen LogP contribution in [0.25, 0.3) is 0 Å². The number of ether oxygens (including phenoxy) is 4. The van der Waals surface area contributed by atoms with Gasteiger partial charge < -0.3 is 23.4 Å². The second-order valence-electron chi connectivity index (χ2n) is 22.1. The Kier molecular flexibility index (Phi) is 16.3. The van der Waals surface area contributed by atoms with Crippen molar-refractivity contribution in [1.29, 1.82) is 0 Å². The molecular formula is C42H84NO6+. The van der Waals surface area contributed by atoms with Crippen molar-refractivity contribution in [1.82, 2.24) is 0 Å². The van der Waals surface area contributed by atoms with Crippen LogP contribution in [0.2, 0.25) is 0 Å². The fraction of sp³-hybridized carbons (Fsp3) is 0.952. The molecular weight excluding hydrogens is 614 g/mol. The molecule has 49 heavy (non-hydrogen) atoms. The summed E-state index contributed by atoms with van der Waals surface area (Å²) in [6.07, 6.45) is 3.31. The number of rotatable bonds is 20. The number of hydrogen-bond acceptors (Lipinski definition) is 6. The normalized spacial score (nSPS) is 16.0. The molecule has 0 aliphatic carbocycles. The van der Waals surface area contributed by atoms with Crippen molar-refractivity contribution in [2.45, 2.75) is 187 Å². The number of carbonyl (C=O) groups is 2. The second-order valence-corrected chi connectivity index (χ2v) is 22.1. The highest BCUT2D eigenvalue weighted by molar-refractivity contribution is 5.77. The van der Waals surface area contributed by atoms with E-state index in [0.717, 1.165) is 43.3 Å². The number of nitrogens with zero attached hydrogens (tertiary/aromatic N) is 1. The average molecular weight is 699 g/mol. The van der Waals surface area contributed by atoms with Gasteiger partial charge in [0.1, 0.15) is 11.2 Å². The van der Waals surface area contributed by atoms with Gasteiger partial charge in [0.25, 0.3) is 0 Å². The summed E-state index contributed by atoms with van der Waals surface area (Å²) in [6, 6.07) is 0. The van der Waals surface area contributed by atoms with Crippen molar-refractivity contribution >= 4 is 11.9 Å². The smallest absolute Gasteiger partial charge is 0.312 e. The molecule has 0 aromatic heterocycles. The van der Waals surface area contributed by atoms with Crippen LogP contribution in [0, 0.1) is 33.5 Å². The van der Waals surface area contributed by atoms with Gasteiger partial charge in [-0.2, -0.15) is 0 Å². The van der Waals surface area contributed by atoms with Gasteiger partial charge in [-0.1, -0.05) is 55.4 Å². The molecule has 7 nitrogen and oxygen atoms in total. The molecule has 0 amide bonds. The largest absolute Gasteiger partial charge is 0.459 e. The zero-order valence-corrected chi connectivity index (χ0v) is 36.7. The van der Waals surface area contributed by atoms with Crippen molar-refractivity contribution in [3.8, 4) is 0 Å². The molecule has 0 aliphatic rings. The van der Waals surface area contributed by atoms with E-state index < -0.39 is 22.0 Å². The van der Waals surface area contributed by atoms with Gasteiger partial charge in [0.2, 0.25) is 0 Å². The molecule has 292 valence electrons. The lowest BCUT2D eigenvalue weighted by Gasteiger charge is -2.40. The topological polar surface area (TPSA) is 71.1 Å². The van der Waals surface area contributed by atoms with Crippen LogP contribution >= 0.6 is 0 Å². The Balaban J connectivity index is 5.02. The second kappa shape index (κ2) is 16.7. The molecule has 0 radical (unpaired) electrons. The first-order valence-corrected chi connectivity index (χ1v) is 18.9. The molecule has 0 saturated heterocycles. The molecule has 0 bridgehead atoms.